The van der Waals surface area contributed by atoms with Crippen LogP contribution in [-0.4, -0.2) is 36.1 Å². The van der Waals surface area contributed by atoms with Gasteiger partial charge in [-0.3, -0.25) is 4.79 Å². The first kappa shape index (κ1) is 16.3. The van der Waals surface area contributed by atoms with Gasteiger partial charge in [0, 0.05) is 24.4 Å². The molecule has 0 aliphatic carbocycles. The van der Waals surface area contributed by atoms with E-state index in [0.29, 0.717) is 30.3 Å². The van der Waals surface area contributed by atoms with Gasteiger partial charge in [-0.05, 0) is 44.2 Å². The first-order valence-electron chi connectivity index (χ1n) is 8.45. The topological polar surface area (TPSA) is 64.6 Å². The van der Waals surface area contributed by atoms with Gasteiger partial charge in [-0.1, -0.05) is 0 Å². The second kappa shape index (κ2) is 6.29. The van der Waals surface area contributed by atoms with Crippen molar-refractivity contribution in [2.45, 2.75) is 13.8 Å². The van der Waals surface area contributed by atoms with E-state index in [-0.39, 0.29) is 5.91 Å². The molecular weight excluding hydrogens is 330 g/mol. The molecule has 0 spiro atoms. The average molecular weight is 349 g/mol. The number of anilines is 1. The van der Waals surface area contributed by atoms with Crippen molar-refractivity contribution < 1.29 is 14.3 Å². The predicted molar refractivity (Wildman–Crippen MR) is 99.2 cm³/mol. The molecule has 3 aromatic rings. The molecular formula is C20H19N3O3. The fraction of sp³-hybridized carbons (Fsp3) is 0.250. The Morgan fingerprint density at radius 1 is 0.923 bits per heavy atom. The number of rotatable bonds is 2. The number of amides is 1. The first-order valence-corrected chi connectivity index (χ1v) is 8.45. The fourth-order valence-electron chi connectivity index (χ4n) is 2.92. The second-order valence-corrected chi connectivity index (χ2v) is 6.29. The number of hydrogen-bond acceptors (Lipinski definition) is 5. The van der Waals surface area contributed by atoms with Gasteiger partial charge in [-0.2, -0.15) is 0 Å². The molecule has 6 nitrogen and oxygen atoms in total. The number of aromatic nitrogens is 2. The monoisotopic (exact) mass is 349 g/mol. The SMILES string of the molecule is Cc1nc2ccc(C(=O)N(C)c3ccc4c(c3)OCCO4)cc2nc1C. The van der Waals surface area contributed by atoms with E-state index in [9.17, 15) is 4.79 Å². The van der Waals surface area contributed by atoms with Crippen LogP contribution in [0.1, 0.15) is 21.7 Å². The summed E-state index contributed by atoms with van der Waals surface area (Å²) in [7, 11) is 1.74. The number of carbonyl (C=O) groups is 1. The molecule has 1 aromatic heterocycles. The van der Waals surface area contributed by atoms with Crippen LogP contribution in [0.3, 0.4) is 0 Å². The van der Waals surface area contributed by atoms with Gasteiger partial charge < -0.3 is 14.4 Å². The summed E-state index contributed by atoms with van der Waals surface area (Å²) in [4.78, 5) is 23.6. The summed E-state index contributed by atoms with van der Waals surface area (Å²) in [6.07, 6.45) is 0. The van der Waals surface area contributed by atoms with Crippen molar-refractivity contribution in [2.75, 3.05) is 25.2 Å². The smallest absolute Gasteiger partial charge is 0.258 e. The van der Waals surface area contributed by atoms with Crippen LogP contribution >= 0.6 is 0 Å². The molecule has 1 aliphatic heterocycles. The van der Waals surface area contributed by atoms with Crippen LogP contribution in [0, 0.1) is 13.8 Å². The highest BCUT2D eigenvalue weighted by Crippen LogP contribution is 2.34. The van der Waals surface area contributed by atoms with Gasteiger partial charge in [0.1, 0.15) is 13.2 Å². The van der Waals surface area contributed by atoms with Gasteiger partial charge >= 0.3 is 0 Å². The van der Waals surface area contributed by atoms with E-state index in [1.54, 1.807) is 24.1 Å². The molecule has 26 heavy (non-hydrogen) atoms. The van der Waals surface area contributed by atoms with Gasteiger partial charge in [-0.25, -0.2) is 9.97 Å². The first-order chi connectivity index (χ1) is 12.5. The Labute approximate surface area is 151 Å². The van der Waals surface area contributed by atoms with Crippen LogP contribution < -0.4 is 14.4 Å². The zero-order valence-electron chi connectivity index (χ0n) is 14.9. The fourth-order valence-corrected chi connectivity index (χ4v) is 2.92. The van der Waals surface area contributed by atoms with Crippen molar-refractivity contribution in [3.8, 4) is 11.5 Å². The number of ether oxygens (including phenoxy) is 2. The predicted octanol–water partition coefficient (Wildman–Crippen LogP) is 3.29. The van der Waals surface area contributed by atoms with Crippen LogP contribution in [-0.2, 0) is 0 Å². The standard InChI is InChI=1S/C20H19N3O3/c1-12-13(2)22-17-10-14(4-6-16(17)21-12)20(24)23(3)15-5-7-18-19(11-15)26-9-8-25-18/h4-7,10-11H,8-9H2,1-3H3. The summed E-state index contributed by atoms with van der Waals surface area (Å²) in [5.41, 5.74) is 4.56. The zero-order chi connectivity index (χ0) is 18.3. The quantitative estimate of drug-likeness (QED) is 0.710. The van der Waals surface area contributed by atoms with E-state index in [0.717, 1.165) is 28.1 Å². The van der Waals surface area contributed by atoms with Crippen molar-refractivity contribution >= 4 is 22.6 Å². The molecule has 0 saturated heterocycles. The molecule has 0 atom stereocenters. The van der Waals surface area contributed by atoms with E-state index >= 15 is 0 Å². The lowest BCUT2D eigenvalue weighted by Crippen LogP contribution is -2.26. The number of carbonyl (C=O) groups excluding carboxylic acids is 1. The Kier molecular flexibility index (Phi) is 3.95. The molecule has 0 unspecified atom stereocenters. The van der Waals surface area contributed by atoms with E-state index in [4.69, 9.17) is 9.47 Å². The summed E-state index contributed by atoms with van der Waals surface area (Å²) in [6, 6.07) is 10.9. The third-order valence-electron chi connectivity index (χ3n) is 4.54. The van der Waals surface area contributed by atoms with Crippen LogP contribution in [0.15, 0.2) is 36.4 Å². The van der Waals surface area contributed by atoms with Gasteiger partial charge in [-0.15, -0.1) is 0 Å². The minimum absolute atomic E-state index is 0.122. The number of fused-ring (bicyclic) bond motifs is 2. The van der Waals surface area contributed by atoms with Gasteiger partial charge in [0.2, 0.25) is 0 Å². The molecule has 6 heteroatoms. The Morgan fingerprint density at radius 2 is 1.62 bits per heavy atom. The zero-order valence-corrected chi connectivity index (χ0v) is 14.9. The van der Waals surface area contributed by atoms with Crippen molar-refractivity contribution in [3.63, 3.8) is 0 Å². The summed E-state index contributed by atoms with van der Waals surface area (Å²) < 4.78 is 11.1. The lowest BCUT2D eigenvalue weighted by molar-refractivity contribution is 0.0993. The number of hydrogen-bond donors (Lipinski definition) is 0. The Hall–Kier alpha value is -3.15. The lowest BCUT2D eigenvalue weighted by Gasteiger charge is -2.22. The van der Waals surface area contributed by atoms with Crippen molar-refractivity contribution in [1.29, 1.82) is 0 Å². The molecule has 0 N–H and O–H groups in total. The molecule has 1 amide bonds. The highest BCUT2D eigenvalue weighted by Gasteiger charge is 2.18. The summed E-state index contributed by atoms with van der Waals surface area (Å²) in [5.74, 6) is 1.24. The highest BCUT2D eigenvalue weighted by molar-refractivity contribution is 6.07. The van der Waals surface area contributed by atoms with E-state index in [1.807, 2.05) is 38.1 Å². The molecule has 0 fully saturated rings. The number of nitrogens with zero attached hydrogens (tertiary/aromatic N) is 3. The maximum atomic E-state index is 12.9. The van der Waals surface area contributed by atoms with Gasteiger partial charge in [0.25, 0.3) is 5.91 Å². The van der Waals surface area contributed by atoms with Crippen molar-refractivity contribution in [2.24, 2.45) is 0 Å². The van der Waals surface area contributed by atoms with Crippen LogP contribution in [0.4, 0.5) is 5.69 Å². The van der Waals surface area contributed by atoms with Crippen molar-refractivity contribution in [3.05, 3.63) is 53.3 Å². The Bertz CT molecular complexity index is 1020. The molecule has 1 aliphatic rings. The normalized spacial score (nSPS) is 12.9. The molecule has 0 bridgehead atoms. The Balaban J connectivity index is 1.66. The lowest BCUT2D eigenvalue weighted by atomic mass is 10.1. The summed E-state index contributed by atoms with van der Waals surface area (Å²) in [5, 5.41) is 0. The number of aryl methyl sites for hydroxylation is 2. The maximum absolute atomic E-state index is 12.9. The van der Waals surface area contributed by atoms with Crippen molar-refractivity contribution in [1.82, 2.24) is 9.97 Å². The summed E-state index contributed by atoms with van der Waals surface area (Å²) in [6.45, 7) is 4.89. The second-order valence-electron chi connectivity index (χ2n) is 6.29. The molecule has 4 rings (SSSR count). The van der Waals surface area contributed by atoms with E-state index < -0.39 is 0 Å². The van der Waals surface area contributed by atoms with E-state index in [1.165, 1.54) is 0 Å². The van der Waals surface area contributed by atoms with Gasteiger partial charge in [0.15, 0.2) is 11.5 Å². The third kappa shape index (κ3) is 2.83. The Morgan fingerprint density at radius 3 is 2.38 bits per heavy atom. The largest absolute Gasteiger partial charge is 0.486 e. The third-order valence-corrected chi connectivity index (χ3v) is 4.54. The minimum Gasteiger partial charge on any atom is -0.486 e. The molecule has 2 heterocycles. The highest BCUT2D eigenvalue weighted by atomic mass is 16.6. The molecule has 0 saturated carbocycles. The van der Waals surface area contributed by atoms with E-state index in [2.05, 4.69) is 9.97 Å². The average Bonchev–Trinajstić information content (AvgIpc) is 2.67. The molecule has 0 radical (unpaired) electrons. The maximum Gasteiger partial charge on any atom is 0.258 e. The minimum atomic E-state index is -0.122. The van der Waals surface area contributed by atoms with Crippen LogP contribution in [0.25, 0.3) is 11.0 Å². The number of benzene rings is 2. The molecule has 2 aromatic carbocycles. The van der Waals surface area contributed by atoms with Crippen LogP contribution in [0.5, 0.6) is 11.5 Å². The van der Waals surface area contributed by atoms with Crippen LogP contribution in [0.2, 0.25) is 0 Å². The molecule has 132 valence electrons. The summed E-state index contributed by atoms with van der Waals surface area (Å²) >= 11 is 0. The van der Waals surface area contributed by atoms with Gasteiger partial charge in [0.05, 0.1) is 22.4 Å².